The van der Waals surface area contributed by atoms with Gasteiger partial charge in [0.05, 0.1) is 51.8 Å². The lowest BCUT2D eigenvalue weighted by Crippen LogP contribution is -3.14. The minimum Gasteiger partial charge on any atom is -0.461 e. The van der Waals surface area contributed by atoms with Crippen molar-refractivity contribution < 1.29 is 29.0 Å². The number of hydrogen-bond acceptors (Lipinski definition) is 5. The molecular weight excluding hydrogens is 358 g/mol. The average molecular weight is 393 g/mol. The fourth-order valence-electron chi connectivity index (χ4n) is 6.58. The van der Waals surface area contributed by atoms with Crippen molar-refractivity contribution in [2.24, 2.45) is 23.2 Å². The van der Waals surface area contributed by atoms with Gasteiger partial charge < -0.3 is 24.2 Å². The molecule has 0 bridgehead atoms. The number of quaternary nitrogens is 1. The number of piperidine rings is 1. The van der Waals surface area contributed by atoms with Crippen molar-refractivity contribution in [1.29, 1.82) is 0 Å². The second-order valence-electron chi connectivity index (χ2n) is 9.86. The molecule has 156 valence electrons. The molecule has 2 aliphatic carbocycles. The average Bonchev–Trinajstić information content (AvgIpc) is 3.25. The molecule has 5 aliphatic rings. The largest absolute Gasteiger partial charge is 0.461 e. The molecular formula is C22H34NO5+. The SMILES string of the molecule is C[C@H]1CCC=C2C[C@H]3OC(=O)[C@H](C[NH+]4CCC5(CC4)OCCO5)[C@H]3[C@@H](O)[C@@]21C. The monoisotopic (exact) mass is 392 g/mol. The number of carbonyl (C=O) groups is 1. The van der Waals surface area contributed by atoms with Crippen molar-refractivity contribution in [1.82, 2.24) is 0 Å². The molecule has 4 fully saturated rings. The second kappa shape index (κ2) is 6.79. The number of hydrogen-bond donors (Lipinski definition) is 2. The molecule has 0 unspecified atom stereocenters. The Morgan fingerprint density at radius 2 is 1.96 bits per heavy atom. The maximum Gasteiger partial charge on any atom is 0.315 e. The lowest BCUT2D eigenvalue weighted by molar-refractivity contribution is -0.911. The summed E-state index contributed by atoms with van der Waals surface area (Å²) in [5, 5.41) is 11.5. The van der Waals surface area contributed by atoms with Gasteiger partial charge in [0.15, 0.2) is 5.79 Å². The van der Waals surface area contributed by atoms with Crippen LogP contribution in [0.4, 0.5) is 0 Å². The van der Waals surface area contributed by atoms with Gasteiger partial charge in [0.2, 0.25) is 0 Å². The molecule has 0 aromatic carbocycles. The molecule has 2 N–H and O–H groups in total. The van der Waals surface area contributed by atoms with Gasteiger partial charge in [-0.1, -0.05) is 25.5 Å². The molecule has 1 saturated carbocycles. The molecule has 6 atom stereocenters. The van der Waals surface area contributed by atoms with Crippen molar-refractivity contribution in [3.63, 3.8) is 0 Å². The quantitative estimate of drug-likeness (QED) is 0.535. The number of likely N-dealkylation sites (tertiary alicyclic amines) is 1. The van der Waals surface area contributed by atoms with Gasteiger partial charge in [-0.15, -0.1) is 0 Å². The van der Waals surface area contributed by atoms with Gasteiger partial charge in [0.25, 0.3) is 0 Å². The number of allylic oxidation sites excluding steroid dienone is 1. The zero-order valence-corrected chi connectivity index (χ0v) is 17.1. The molecule has 3 heterocycles. The Kier molecular flexibility index (Phi) is 4.62. The van der Waals surface area contributed by atoms with Crippen LogP contribution in [-0.2, 0) is 19.0 Å². The summed E-state index contributed by atoms with van der Waals surface area (Å²) in [6, 6.07) is 0. The second-order valence-corrected chi connectivity index (χ2v) is 9.86. The Hall–Kier alpha value is -0.950. The van der Waals surface area contributed by atoms with E-state index in [0.717, 1.165) is 51.7 Å². The Labute approximate surface area is 167 Å². The number of aliphatic hydroxyl groups excluding tert-OH is 1. The smallest absolute Gasteiger partial charge is 0.315 e. The van der Waals surface area contributed by atoms with E-state index in [0.29, 0.717) is 19.1 Å². The number of carbonyl (C=O) groups excluding carboxylic acids is 1. The van der Waals surface area contributed by atoms with Crippen molar-refractivity contribution in [2.75, 3.05) is 32.8 Å². The van der Waals surface area contributed by atoms with Crippen LogP contribution >= 0.6 is 0 Å². The first-order valence-electron chi connectivity index (χ1n) is 11.1. The zero-order chi connectivity index (χ0) is 19.5. The van der Waals surface area contributed by atoms with E-state index in [2.05, 4.69) is 19.9 Å². The van der Waals surface area contributed by atoms with Crippen molar-refractivity contribution in [2.45, 2.75) is 63.9 Å². The van der Waals surface area contributed by atoms with E-state index in [1.54, 1.807) is 0 Å². The fraction of sp³-hybridized carbons (Fsp3) is 0.864. The lowest BCUT2D eigenvalue weighted by Gasteiger charge is -2.51. The van der Waals surface area contributed by atoms with E-state index in [4.69, 9.17) is 14.2 Å². The molecule has 6 heteroatoms. The van der Waals surface area contributed by atoms with Gasteiger partial charge in [-0.2, -0.15) is 0 Å². The van der Waals surface area contributed by atoms with Crippen LogP contribution in [-0.4, -0.2) is 61.9 Å². The van der Waals surface area contributed by atoms with Gasteiger partial charge in [-0.25, -0.2) is 0 Å². The highest BCUT2D eigenvalue weighted by atomic mass is 16.7. The summed E-state index contributed by atoms with van der Waals surface area (Å²) in [5.41, 5.74) is 1.08. The summed E-state index contributed by atoms with van der Waals surface area (Å²) in [6.45, 7) is 8.46. The van der Waals surface area contributed by atoms with Crippen molar-refractivity contribution in [3.8, 4) is 0 Å². The molecule has 6 nitrogen and oxygen atoms in total. The summed E-state index contributed by atoms with van der Waals surface area (Å²) in [5.74, 6) is -0.346. The zero-order valence-electron chi connectivity index (χ0n) is 17.1. The maximum absolute atomic E-state index is 12.8. The number of aliphatic hydroxyl groups is 1. The first-order valence-corrected chi connectivity index (χ1v) is 11.1. The highest BCUT2D eigenvalue weighted by Crippen LogP contribution is 2.55. The summed E-state index contributed by atoms with van der Waals surface area (Å²) < 4.78 is 17.5. The Bertz CT molecular complexity index is 662. The number of fused-ring (bicyclic) bond motifs is 2. The summed E-state index contributed by atoms with van der Waals surface area (Å²) in [7, 11) is 0. The van der Waals surface area contributed by atoms with Crippen LogP contribution < -0.4 is 4.90 Å². The molecule has 5 rings (SSSR count). The summed E-state index contributed by atoms with van der Waals surface area (Å²) >= 11 is 0. The van der Waals surface area contributed by atoms with Crippen LogP contribution in [0, 0.1) is 23.2 Å². The highest BCUT2D eigenvalue weighted by molar-refractivity contribution is 5.76. The predicted octanol–water partition coefficient (Wildman–Crippen LogP) is 0.693. The molecule has 0 radical (unpaired) electrons. The molecule has 3 aliphatic heterocycles. The van der Waals surface area contributed by atoms with E-state index < -0.39 is 6.10 Å². The fourth-order valence-corrected chi connectivity index (χ4v) is 6.58. The van der Waals surface area contributed by atoms with Crippen LogP contribution in [0.1, 0.15) is 46.0 Å². The van der Waals surface area contributed by atoms with Crippen LogP contribution in [0.3, 0.4) is 0 Å². The van der Waals surface area contributed by atoms with Gasteiger partial charge in [-0.3, -0.25) is 4.79 Å². The van der Waals surface area contributed by atoms with Gasteiger partial charge in [-0.05, 0) is 18.8 Å². The molecule has 1 spiro atoms. The van der Waals surface area contributed by atoms with Gasteiger partial charge in [0, 0.05) is 17.8 Å². The third-order valence-corrected chi connectivity index (χ3v) is 8.61. The predicted molar refractivity (Wildman–Crippen MR) is 102 cm³/mol. The standard InChI is InChI=1S/C22H33NO5/c1-14-4-3-5-15-12-17-18(19(24)21(14,15)2)16(20(25)28-17)13-23-8-6-22(7-9-23)26-10-11-27-22/h5,14,16-19,24H,3-4,6-13H2,1-2H3/p+1/t14-,16+,17+,18+,19+,21+/m0/s1. The molecule has 0 aromatic rings. The normalized spacial score (nSPS) is 45.5. The van der Waals surface area contributed by atoms with E-state index >= 15 is 0 Å². The Morgan fingerprint density at radius 1 is 1.25 bits per heavy atom. The molecule has 0 aromatic heterocycles. The number of esters is 1. The Morgan fingerprint density at radius 3 is 2.68 bits per heavy atom. The van der Waals surface area contributed by atoms with Crippen LogP contribution in [0.15, 0.2) is 11.6 Å². The van der Waals surface area contributed by atoms with Crippen molar-refractivity contribution in [3.05, 3.63) is 11.6 Å². The van der Waals surface area contributed by atoms with E-state index in [1.165, 1.54) is 10.5 Å². The maximum atomic E-state index is 12.8. The van der Waals surface area contributed by atoms with Crippen LogP contribution in [0.5, 0.6) is 0 Å². The van der Waals surface area contributed by atoms with E-state index in [-0.39, 0.29) is 35.1 Å². The Balaban J connectivity index is 1.31. The summed E-state index contributed by atoms with van der Waals surface area (Å²) in [6.07, 6.45) is 6.34. The summed E-state index contributed by atoms with van der Waals surface area (Å²) in [4.78, 5) is 14.2. The first-order chi connectivity index (χ1) is 13.4. The molecule has 28 heavy (non-hydrogen) atoms. The van der Waals surface area contributed by atoms with Crippen LogP contribution in [0.2, 0.25) is 0 Å². The molecule has 3 saturated heterocycles. The number of ether oxygens (including phenoxy) is 3. The van der Waals surface area contributed by atoms with E-state index in [9.17, 15) is 9.90 Å². The highest BCUT2D eigenvalue weighted by Gasteiger charge is 2.60. The first kappa shape index (κ1) is 19.0. The topological polar surface area (TPSA) is 69.4 Å². The lowest BCUT2D eigenvalue weighted by atomic mass is 9.55. The van der Waals surface area contributed by atoms with E-state index in [1.807, 2.05) is 0 Å². The van der Waals surface area contributed by atoms with Crippen molar-refractivity contribution >= 4 is 5.97 Å². The third-order valence-electron chi connectivity index (χ3n) is 8.61. The van der Waals surface area contributed by atoms with Crippen LogP contribution in [0.25, 0.3) is 0 Å². The number of rotatable bonds is 2. The molecule has 0 amide bonds. The minimum absolute atomic E-state index is 0.0856. The minimum atomic E-state index is -0.513. The van der Waals surface area contributed by atoms with Gasteiger partial charge >= 0.3 is 5.97 Å². The number of nitrogens with one attached hydrogen (secondary N) is 1. The third kappa shape index (κ3) is 2.79. The van der Waals surface area contributed by atoms with Gasteiger partial charge in [0.1, 0.15) is 12.0 Å².